The first kappa shape index (κ1) is 20.0. The summed E-state index contributed by atoms with van der Waals surface area (Å²) in [6, 6.07) is 12.7. The van der Waals surface area contributed by atoms with Crippen molar-refractivity contribution in [3.05, 3.63) is 70.8 Å². The summed E-state index contributed by atoms with van der Waals surface area (Å²) in [6.45, 7) is 6.28. The molecule has 2 aromatic rings. The Morgan fingerprint density at radius 1 is 0.862 bits per heavy atom. The van der Waals surface area contributed by atoms with Crippen LogP contribution in [-0.4, -0.2) is 23.8 Å². The first-order valence-electron chi connectivity index (χ1n) is 8.94. The molecule has 148 valence electrons. The maximum atomic E-state index is 12.3. The van der Waals surface area contributed by atoms with Gasteiger partial charge in [-0.05, 0) is 46.9 Å². The van der Waals surface area contributed by atoms with Gasteiger partial charge in [0.2, 0.25) is 0 Å². The van der Waals surface area contributed by atoms with Gasteiger partial charge in [0.05, 0.1) is 5.56 Å². The van der Waals surface area contributed by atoms with Gasteiger partial charge in [-0.15, -0.1) is 0 Å². The minimum absolute atomic E-state index is 0.00773. The Hall–Kier alpha value is -3.74. The topological polar surface area (TPSA) is 102 Å². The molecule has 3 rings (SSSR count). The molecule has 4 amide bonds. The van der Waals surface area contributed by atoms with Crippen molar-refractivity contribution in [3.63, 3.8) is 0 Å². The summed E-state index contributed by atoms with van der Waals surface area (Å²) in [5, 5.41) is 4.00. The molecule has 1 heterocycles. The Morgan fingerprint density at radius 3 is 1.93 bits per heavy atom. The molecule has 29 heavy (non-hydrogen) atoms. The second kappa shape index (κ2) is 7.71. The molecule has 1 saturated heterocycles. The van der Waals surface area contributed by atoms with Crippen molar-refractivity contribution in [2.24, 2.45) is 0 Å². The SMILES string of the molecule is CC(C)(C)c1ccc(C(=O)Oc2ccc(C=C3C(=O)NC(=O)NC3=O)cc2)cc1. The number of rotatable bonds is 3. The number of ether oxygens (including phenoxy) is 1. The highest BCUT2D eigenvalue weighted by Gasteiger charge is 2.27. The van der Waals surface area contributed by atoms with E-state index in [1.807, 2.05) is 22.8 Å². The van der Waals surface area contributed by atoms with Crippen LogP contribution in [0.25, 0.3) is 6.08 Å². The molecule has 7 heteroatoms. The highest BCUT2D eigenvalue weighted by atomic mass is 16.5. The van der Waals surface area contributed by atoms with Gasteiger partial charge in [0.1, 0.15) is 11.3 Å². The van der Waals surface area contributed by atoms with Crippen LogP contribution in [0.15, 0.2) is 54.1 Å². The maximum absolute atomic E-state index is 12.3. The summed E-state index contributed by atoms with van der Waals surface area (Å²) in [6.07, 6.45) is 1.34. The molecule has 7 nitrogen and oxygen atoms in total. The lowest BCUT2D eigenvalue weighted by atomic mass is 9.87. The van der Waals surface area contributed by atoms with Crippen molar-refractivity contribution in [2.75, 3.05) is 0 Å². The van der Waals surface area contributed by atoms with E-state index in [9.17, 15) is 19.2 Å². The number of hydrogen-bond donors (Lipinski definition) is 2. The molecule has 0 radical (unpaired) electrons. The highest BCUT2D eigenvalue weighted by Crippen LogP contribution is 2.23. The molecule has 0 aliphatic carbocycles. The predicted molar refractivity (Wildman–Crippen MR) is 106 cm³/mol. The largest absolute Gasteiger partial charge is 0.423 e. The molecular weight excluding hydrogens is 372 g/mol. The van der Waals surface area contributed by atoms with Gasteiger partial charge in [-0.3, -0.25) is 20.2 Å². The second-order valence-corrected chi connectivity index (χ2v) is 7.58. The monoisotopic (exact) mass is 392 g/mol. The molecule has 2 N–H and O–H groups in total. The van der Waals surface area contributed by atoms with E-state index in [1.165, 1.54) is 6.08 Å². The number of carbonyl (C=O) groups excluding carboxylic acids is 4. The van der Waals surface area contributed by atoms with Gasteiger partial charge >= 0.3 is 12.0 Å². The van der Waals surface area contributed by atoms with Crippen LogP contribution >= 0.6 is 0 Å². The van der Waals surface area contributed by atoms with Crippen LogP contribution in [0.2, 0.25) is 0 Å². The van der Waals surface area contributed by atoms with E-state index in [0.717, 1.165) is 5.56 Å². The first-order chi connectivity index (χ1) is 13.6. The molecule has 2 aromatic carbocycles. The third-order valence-electron chi connectivity index (χ3n) is 4.33. The molecule has 0 saturated carbocycles. The minimum atomic E-state index is -0.852. The zero-order chi connectivity index (χ0) is 21.2. The molecular formula is C22H20N2O5. The van der Waals surface area contributed by atoms with E-state index >= 15 is 0 Å². The third kappa shape index (κ3) is 4.76. The number of barbiturate groups is 1. The van der Waals surface area contributed by atoms with Crippen LogP contribution in [0.1, 0.15) is 42.3 Å². The Bertz CT molecular complexity index is 991. The van der Waals surface area contributed by atoms with Gasteiger partial charge < -0.3 is 4.74 Å². The van der Waals surface area contributed by atoms with Gasteiger partial charge in [-0.25, -0.2) is 9.59 Å². The number of benzene rings is 2. The van der Waals surface area contributed by atoms with Crippen LogP contribution in [0.4, 0.5) is 4.79 Å². The van der Waals surface area contributed by atoms with Crippen LogP contribution in [-0.2, 0) is 15.0 Å². The van der Waals surface area contributed by atoms with Gasteiger partial charge in [0.15, 0.2) is 0 Å². The summed E-state index contributed by atoms with van der Waals surface area (Å²) in [7, 11) is 0. The predicted octanol–water partition coefficient (Wildman–Crippen LogP) is 2.95. The van der Waals surface area contributed by atoms with Gasteiger partial charge in [0.25, 0.3) is 11.8 Å². The van der Waals surface area contributed by atoms with Crippen molar-refractivity contribution in [3.8, 4) is 5.75 Å². The highest BCUT2D eigenvalue weighted by molar-refractivity contribution is 6.31. The molecule has 0 aromatic heterocycles. The Balaban J connectivity index is 1.70. The summed E-state index contributed by atoms with van der Waals surface area (Å²) >= 11 is 0. The second-order valence-electron chi connectivity index (χ2n) is 7.58. The van der Waals surface area contributed by atoms with Crippen LogP contribution < -0.4 is 15.4 Å². The smallest absolute Gasteiger partial charge is 0.343 e. The van der Waals surface area contributed by atoms with E-state index in [2.05, 4.69) is 20.8 Å². The fourth-order valence-corrected chi connectivity index (χ4v) is 2.68. The van der Waals surface area contributed by atoms with E-state index in [1.54, 1.807) is 36.4 Å². The van der Waals surface area contributed by atoms with E-state index in [-0.39, 0.29) is 11.0 Å². The number of amides is 4. The molecule has 0 atom stereocenters. The lowest BCUT2D eigenvalue weighted by Gasteiger charge is -2.18. The Kier molecular flexibility index (Phi) is 5.32. The Labute approximate surface area is 167 Å². The van der Waals surface area contributed by atoms with Crippen molar-refractivity contribution in [1.82, 2.24) is 10.6 Å². The zero-order valence-corrected chi connectivity index (χ0v) is 16.2. The number of carbonyl (C=O) groups is 4. The van der Waals surface area contributed by atoms with E-state index in [0.29, 0.717) is 16.9 Å². The van der Waals surface area contributed by atoms with Crippen LogP contribution in [0, 0.1) is 0 Å². The fraction of sp³-hybridized carbons (Fsp3) is 0.182. The molecule has 1 aliphatic rings. The summed E-state index contributed by atoms with van der Waals surface area (Å²) in [4.78, 5) is 46.9. The molecule has 0 spiro atoms. The average molecular weight is 392 g/mol. The number of hydrogen-bond acceptors (Lipinski definition) is 5. The van der Waals surface area contributed by atoms with Crippen molar-refractivity contribution in [2.45, 2.75) is 26.2 Å². The zero-order valence-electron chi connectivity index (χ0n) is 16.2. The van der Waals surface area contributed by atoms with Crippen LogP contribution in [0.5, 0.6) is 5.75 Å². The summed E-state index contributed by atoms with van der Waals surface area (Å²) in [5.41, 5.74) is 1.89. The summed E-state index contributed by atoms with van der Waals surface area (Å²) < 4.78 is 5.36. The van der Waals surface area contributed by atoms with Crippen molar-refractivity contribution < 1.29 is 23.9 Å². The fourth-order valence-electron chi connectivity index (χ4n) is 2.68. The summed E-state index contributed by atoms with van der Waals surface area (Å²) in [5.74, 6) is -1.70. The normalized spacial score (nSPS) is 14.2. The standard InChI is InChI=1S/C22H20N2O5/c1-22(2,3)15-8-6-14(7-9-15)20(27)29-16-10-4-13(5-11-16)12-17-18(25)23-21(28)24-19(17)26/h4-12H,1-3H3,(H2,23,24,25,26,28). The number of imide groups is 2. The Morgan fingerprint density at radius 2 is 1.41 bits per heavy atom. The number of urea groups is 1. The van der Waals surface area contributed by atoms with Crippen molar-refractivity contribution in [1.29, 1.82) is 0 Å². The van der Waals surface area contributed by atoms with E-state index < -0.39 is 23.8 Å². The van der Waals surface area contributed by atoms with Gasteiger partial charge in [0, 0.05) is 0 Å². The third-order valence-corrected chi connectivity index (χ3v) is 4.33. The quantitative estimate of drug-likeness (QED) is 0.362. The number of esters is 1. The molecule has 1 aliphatic heterocycles. The molecule has 0 unspecified atom stereocenters. The maximum Gasteiger partial charge on any atom is 0.343 e. The minimum Gasteiger partial charge on any atom is -0.423 e. The molecule has 0 bridgehead atoms. The first-order valence-corrected chi connectivity index (χ1v) is 8.94. The average Bonchev–Trinajstić information content (AvgIpc) is 2.65. The van der Waals surface area contributed by atoms with Crippen LogP contribution in [0.3, 0.4) is 0 Å². The van der Waals surface area contributed by atoms with Gasteiger partial charge in [-0.1, -0.05) is 45.0 Å². The lowest BCUT2D eigenvalue weighted by molar-refractivity contribution is -0.123. The molecule has 1 fully saturated rings. The van der Waals surface area contributed by atoms with Crippen molar-refractivity contribution >= 4 is 29.9 Å². The number of nitrogens with one attached hydrogen (secondary N) is 2. The lowest BCUT2D eigenvalue weighted by Crippen LogP contribution is -2.51. The van der Waals surface area contributed by atoms with Gasteiger partial charge in [-0.2, -0.15) is 0 Å². The van der Waals surface area contributed by atoms with E-state index in [4.69, 9.17) is 4.74 Å².